The monoisotopic (exact) mass is 271 g/mol. The van der Waals surface area contributed by atoms with Crippen LogP contribution >= 0.6 is 0 Å². The molecule has 2 unspecified atom stereocenters. The molecule has 3 aliphatic rings. The van der Waals surface area contributed by atoms with Crippen molar-refractivity contribution in [3.05, 3.63) is 29.3 Å². The lowest BCUT2D eigenvalue weighted by Crippen LogP contribution is -2.55. The zero-order chi connectivity index (χ0) is 13.9. The van der Waals surface area contributed by atoms with E-state index in [0.717, 1.165) is 36.6 Å². The summed E-state index contributed by atoms with van der Waals surface area (Å²) in [6.45, 7) is 4.33. The first kappa shape index (κ1) is 12.4. The number of aromatic hydroxyl groups is 1. The number of Topliss-reactive ketones (excluding diaryl/α,β-unsaturated/α-hetero) is 1. The molecule has 106 valence electrons. The summed E-state index contributed by atoms with van der Waals surface area (Å²) in [4.78, 5) is 15.3. The van der Waals surface area contributed by atoms with Gasteiger partial charge in [-0.2, -0.15) is 0 Å². The minimum atomic E-state index is 0.0615. The molecule has 3 atom stereocenters. The number of piperidine rings is 1. The van der Waals surface area contributed by atoms with Crippen molar-refractivity contribution in [1.82, 2.24) is 4.90 Å². The molecular weight excluding hydrogens is 250 g/mol. The van der Waals surface area contributed by atoms with Crippen LogP contribution in [0.25, 0.3) is 0 Å². The van der Waals surface area contributed by atoms with E-state index < -0.39 is 0 Å². The van der Waals surface area contributed by atoms with E-state index in [-0.39, 0.29) is 17.6 Å². The highest BCUT2D eigenvalue weighted by atomic mass is 16.3. The molecule has 0 amide bonds. The standard InChI is InChI=1S/C17H21NO2/c1-10-13-6-7-18(9-11-2-3-11)16(10)17(20)14-5-4-12(19)8-15(13)14/h4-5,8,10-11,13,16,19H,2-3,6-7,9H2,1H3/t10?,13-,16?/m1/s1. The normalized spacial score (nSPS) is 33.0. The average Bonchev–Trinajstić information content (AvgIpc) is 3.21. The van der Waals surface area contributed by atoms with Crippen molar-refractivity contribution in [2.45, 2.75) is 38.1 Å². The molecule has 1 saturated carbocycles. The number of hydrogen-bond acceptors (Lipinski definition) is 3. The van der Waals surface area contributed by atoms with Crippen LogP contribution in [0.3, 0.4) is 0 Å². The summed E-state index contributed by atoms with van der Waals surface area (Å²) in [6, 6.07) is 5.33. The Bertz CT molecular complexity index is 564. The van der Waals surface area contributed by atoms with Gasteiger partial charge in [0, 0.05) is 12.1 Å². The van der Waals surface area contributed by atoms with Crippen LogP contribution in [0.15, 0.2) is 18.2 Å². The van der Waals surface area contributed by atoms with E-state index in [2.05, 4.69) is 11.8 Å². The van der Waals surface area contributed by atoms with Gasteiger partial charge in [-0.15, -0.1) is 0 Å². The highest BCUT2D eigenvalue weighted by Crippen LogP contribution is 2.45. The van der Waals surface area contributed by atoms with Crippen molar-refractivity contribution in [2.75, 3.05) is 13.1 Å². The lowest BCUT2D eigenvalue weighted by molar-refractivity contribution is 0.0491. The second-order valence-corrected chi connectivity index (χ2v) is 6.77. The highest BCUT2D eigenvalue weighted by molar-refractivity contribution is 6.03. The van der Waals surface area contributed by atoms with E-state index in [9.17, 15) is 9.90 Å². The fourth-order valence-corrected chi connectivity index (χ4v) is 4.18. The number of rotatable bonds is 2. The number of hydrogen-bond donors (Lipinski definition) is 1. The number of ketones is 1. The molecular formula is C17H21NO2. The Kier molecular flexibility index (Phi) is 2.68. The number of fused-ring (bicyclic) bond motifs is 4. The molecule has 1 aromatic rings. The zero-order valence-electron chi connectivity index (χ0n) is 11.9. The summed E-state index contributed by atoms with van der Waals surface area (Å²) in [5.74, 6) is 2.17. The first-order chi connectivity index (χ1) is 9.65. The summed E-state index contributed by atoms with van der Waals surface area (Å²) in [5, 5.41) is 9.72. The van der Waals surface area contributed by atoms with Crippen molar-refractivity contribution in [3.8, 4) is 5.75 Å². The second kappa shape index (κ2) is 4.32. The van der Waals surface area contributed by atoms with Gasteiger partial charge in [0.25, 0.3) is 0 Å². The van der Waals surface area contributed by atoms with Gasteiger partial charge < -0.3 is 5.11 Å². The minimum absolute atomic E-state index is 0.0615. The molecule has 1 N–H and O–H groups in total. The maximum absolute atomic E-state index is 12.8. The molecule has 0 spiro atoms. The maximum Gasteiger partial charge on any atom is 0.180 e. The number of nitrogens with zero attached hydrogens (tertiary/aromatic N) is 1. The molecule has 2 bridgehead atoms. The topological polar surface area (TPSA) is 40.5 Å². The van der Waals surface area contributed by atoms with Crippen LogP contribution in [-0.4, -0.2) is 34.9 Å². The van der Waals surface area contributed by atoms with Gasteiger partial charge in [0.05, 0.1) is 6.04 Å². The van der Waals surface area contributed by atoms with Gasteiger partial charge in [-0.1, -0.05) is 6.92 Å². The molecule has 1 aromatic carbocycles. The number of carbonyl (C=O) groups is 1. The van der Waals surface area contributed by atoms with Crippen LogP contribution < -0.4 is 0 Å². The van der Waals surface area contributed by atoms with Crippen LogP contribution in [0.4, 0.5) is 0 Å². The molecule has 2 aliphatic carbocycles. The van der Waals surface area contributed by atoms with E-state index in [1.807, 2.05) is 6.07 Å². The third-order valence-electron chi connectivity index (χ3n) is 5.41. The van der Waals surface area contributed by atoms with Gasteiger partial charge in [0.1, 0.15) is 5.75 Å². The molecule has 3 heteroatoms. The summed E-state index contributed by atoms with van der Waals surface area (Å²) >= 11 is 0. The Hall–Kier alpha value is -1.35. The summed E-state index contributed by atoms with van der Waals surface area (Å²) in [7, 11) is 0. The maximum atomic E-state index is 12.8. The number of phenolic OH excluding ortho intramolecular Hbond substituents is 1. The van der Waals surface area contributed by atoms with E-state index in [1.165, 1.54) is 12.8 Å². The molecule has 20 heavy (non-hydrogen) atoms. The van der Waals surface area contributed by atoms with Gasteiger partial charge in [-0.25, -0.2) is 0 Å². The molecule has 0 aromatic heterocycles. The van der Waals surface area contributed by atoms with Crippen molar-refractivity contribution in [2.24, 2.45) is 11.8 Å². The summed E-state index contributed by atoms with van der Waals surface area (Å²) < 4.78 is 0. The predicted molar refractivity (Wildman–Crippen MR) is 77.0 cm³/mol. The van der Waals surface area contributed by atoms with E-state index >= 15 is 0 Å². The van der Waals surface area contributed by atoms with Gasteiger partial charge >= 0.3 is 0 Å². The number of benzene rings is 1. The van der Waals surface area contributed by atoms with Crippen LogP contribution in [0.5, 0.6) is 5.75 Å². The Balaban J connectivity index is 1.73. The fraction of sp³-hybridized carbons (Fsp3) is 0.588. The Morgan fingerprint density at radius 3 is 2.85 bits per heavy atom. The first-order valence-electron chi connectivity index (χ1n) is 7.76. The van der Waals surface area contributed by atoms with Gasteiger partial charge in [-0.05, 0) is 67.3 Å². The van der Waals surface area contributed by atoms with Crippen molar-refractivity contribution >= 4 is 5.78 Å². The molecule has 3 nitrogen and oxygen atoms in total. The van der Waals surface area contributed by atoms with E-state index in [1.54, 1.807) is 12.1 Å². The Labute approximate surface area is 119 Å². The molecule has 2 fully saturated rings. The Morgan fingerprint density at radius 1 is 1.30 bits per heavy atom. The van der Waals surface area contributed by atoms with Gasteiger partial charge in [0.2, 0.25) is 0 Å². The van der Waals surface area contributed by atoms with Gasteiger partial charge in [-0.3, -0.25) is 9.69 Å². The summed E-state index contributed by atoms with van der Waals surface area (Å²) in [5.41, 5.74) is 1.92. The van der Waals surface area contributed by atoms with Crippen molar-refractivity contribution in [3.63, 3.8) is 0 Å². The third kappa shape index (κ3) is 1.80. The lowest BCUT2D eigenvalue weighted by Gasteiger charge is -2.47. The number of likely N-dealkylation sites (tertiary alicyclic amines) is 1. The molecule has 1 heterocycles. The van der Waals surface area contributed by atoms with Crippen LogP contribution in [-0.2, 0) is 0 Å². The molecule has 0 radical (unpaired) electrons. The second-order valence-electron chi connectivity index (χ2n) is 6.77. The van der Waals surface area contributed by atoms with Crippen LogP contribution in [0, 0.1) is 11.8 Å². The smallest absolute Gasteiger partial charge is 0.180 e. The third-order valence-corrected chi connectivity index (χ3v) is 5.41. The summed E-state index contributed by atoms with van der Waals surface area (Å²) in [6.07, 6.45) is 3.77. The van der Waals surface area contributed by atoms with E-state index in [0.29, 0.717) is 11.8 Å². The van der Waals surface area contributed by atoms with Crippen LogP contribution in [0.2, 0.25) is 0 Å². The first-order valence-corrected chi connectivity index (χ1v) is 7.76. The van der Waals surface area contributed by atoms with E-state index in [4.69, 9.17) is 0 Å². The molecule has 4 rings (SSSR count). The largest absolute Gasteiger partial charge is 0.508 e. The van der Waals surface area contributed by atoms with Crippen molar-refractivity contribution in [1.29, 1.82) is 0 Å². The van der Waals surface area contributed by atoms with Crippen LogP contribution in [0.1, 0.15) is 48.0 Å². The minimum Gasteiger partial charge on any atom is -0.508 e. The number of phenols is 1. The highest BCUT2D eigenvalue weighted by Gasteiger charge is 2.46. The Morgan fingerprint density at radius 2 is 2.10 bits per heavy atom. The molecule has 1 saturated heterocycles. The SMILES string of the molecule is CC1C2C(=O)c3ccc(O)cc3[C@@H]1CCN2CC1CC1. The van der Waals surface area contributed by atoms with Crippen molar-refractivity contribution < 1.29 is 9.90 Å². The average molecular weight is 271 g/mol. The zero-order valence-corrected chi connectivity index (χ0v) is 11.9. The van der Waals surface area contributed by atoms with Gasteiger partial charge in [0.15, 0.2) is 5.78 Å². The fourth-order valence-electron chi connectivity index (χ4n) is 4.18. The molecule has 1 aliphatic heterocycles. The quantitative estimate of drug-likeness (QED) is 0.899. The predicted octanol–water partition coefficient (Wildman–Crippen LogP) is 2.79. The number of carbonyl (C=O) groups excluding carboxylic acids is 1. The lowest BCUT2D eigenvalue weighted by atomic mass is 9.68.